The Labute approximate surface area is 66.7 Å². The summed E-state index contributed by atoms with van der Waals surface area (Å²) in [5.74, 6) is 5.31. The number of likely N-dealkylation sites (N-methyl/N-ethyl adjacent to an activating group) is 1. The van der Waals surface area contributed by atoms with Crippen LogP contribution < -0.4 is 11.3 Å². The molecular weight excluding hydrogens is 140 g/mol. The van der Waals surface area contributed by atoms with E-state index in [0.29, 0.717) is 0 Å². The van der Waals surface area contributed by atoms with Gasteiger partial charge in [0.1, 0.15) is 0 Å². The van der Waals surface area contributed by atoms with Crippen LogP contribution in [0.1, 0.15) is 6.42 Å². The summed E-state index contributed by atoms with van der Waals surface area (Å²) in [4.78, 5) is 6.08. The van der Waals surface area contributed by atoms with Gasteiger partial charge >= 0.3 is 0 Å². The van der Waals surface area contributed by atoms with Crippen LogP contribution in [0.3, 0.4) is 0 Å². The van der Waals surface area contributed by atoms with Crippen molar-refractivity contribution in [3.8, 4) is 0 Å². The van der Waals surface area contributed by atoms with Crippen molar-refractivity contribution < 1.29 is 0 Å². The number of nitrogens with one attached hydrogen (secondary N) is 1. The first-order valence-corrected chi connectivity index (χ1v) is 3.62. The highest BCUT2D eigenvalue weighted by atomic mass is 15.3. The molecular formula is C7H14N4. The maximum absolute atomic E-state index is 5.31. The normalized spacial score (nSPS) is 20.2. The van der Waals surface area contributed by atoms with E-state index in [1.807, 2.05) is 0 Å². The van der Waals surface area contributed by atoms with Crippen LogP contribution in [-0.2, 0) is 0 Å². The summed E-state index contributed by atoms with van der Waals surface area (Å²) in [5, 5.41) is 0. The van der Waals surface area contributed by atoms with Gasteiger partial charge in [0.25, 0.3) is 0 Å². The van der Waals surface area contributed by atoms with E-state index in [1.54, 1.807) is 0 Å². The monoisotopic (exact) mass is 154 g/mol. The zero-order chi connectivity index (χ0) is 8.27. The van der Waals surface area contributed by atoms with Crippen molar-refractivity contribution in [2.45, 2.75) is 6.42 Å². The highest BCUT2D eigenvalue weighted by molar-refractivity contribution is 5.31. The lowest BCUT2D eigenvalue weighted by Crippen LogP contribution is -2.36. The Hall–Kier alpha value is -0.870. The minimum Gasteiger partial charge on any atom is -0.325 e. The van der Waals surface area contributed by atoms with E-state index in [9.17, 15) is 0 Å². The third kappa shape index (κ3) is 1.78. The maximum atomic E-state index is 5.31. The molecule has 0 saturated heterocycles. The fourth-order valence-electron chi connectivity index (χ4n) is 1.19. The molecule has 0 aromatic carbocycles. The van der Waals surface area contributed by atoms with Crippen molar-refractivity contribution in [3.63, 3.8) is 0 Å². The summed E-state index contributed by atoms with van der Waals surface area (Å²) in [7, 11) is 2.05. The van der Waals surface area contributed by atoms with E-state index in [-0.39, 0.29) is 0 Å². The van der Waals surface area contributed by atoms with Gasteiger partial charge in [-0.1, -0.05) is 0 Å². The maximum Gasteiger partial charge on any atom is 0.0625 e. The molecule has 3 N–H and O–H groups in total. The summed E-state index contributed by atoms with van der Waals surface area (Å²) < 4.78 is 0. The highest BCUT2D eigenvalue weighted by Gasteiger charge is 2.13. The fourth-order valence-corrected chi connectivity index (χ4v) is 1.19. The number of nitrogens with zero attached hydrogens (tertiary/aromatic N) is 2. The Morgan fingerprint density at radius 3 is 3.00 bits per heavy atom. The quantitative estimate of drug-likeness (QED) is 0.326. The van der Waals surface area contributed by atoms with Gasteiger partial charge in [-0.25, -0.2) is 0 Å². The molecule has 1 rings (SSSR count). The molecule has 0 atom stereocenters. The van der Waals surface area contributed by atoms with Crippen molar-refractivity contribution in [3.05, 3.63) is 11.4 Å². The molecule has 0 aromatic rings. The first-order chi connectivity index (χ1) is 5.27. The predicted octanol–water partition coefficient (Wildman–Crippen LogP) is -0.303. The molecule has 0 amide bonds. The molecule has 0 spiro atoms. The third-order valence-electron chi connectivity index (χ3n) is 1.87. The minimum atomic E-state index is 0.838. The molecule has 0 aliphatic carbocycles. The highest BCUT2D eigenvalue weighted by Crippen LogP contribution is 2.14. The second-order valence-electron chi connectivity index (χ2n) is 2.72. The largest absolute Gasteiger partial charge is 0.325 e. The minimum absolute atomic E-state index is 0.838. The first kappa shape index (κ1) is 8.23. The van der Waals surface area contributed by atoms with Crippen LogP contribution in [0.4, 0.5) is 0 Å². The Balaban J connectivity index is 2.74. The average molecular weight is 154 g/mol. The number of hydrogen-bond acceptors (Lipinski definition) is 4. The van der Waals surface area contributed by atoms with Gasteiger partial charge < -0.3 is 10.3 Å². The summed E-state index contributed by atoms with van der Waals surface area (Å²) in [5.41, 5.74) is 4.61. The van der Waals surface area contributed by atoms with Crippen LogP contribution >= 0.6 is 0 Å². The predicted molar refractivity (Wildman–Crippen MR) is 46.0 cm³/mol. The molecule has 1 aliphatic rings. The molecule has 1 heterocycles. The molecule has 0 radical (unpaired) electrons. The van der Waals surface area contributed by atoms with E-state index in [4.69, 9.17) is 5.84 Å². The van der Waals surface area contributed by atoms with E-state index in [1.165, 1.54) is 0 Å². The Bertz CT molecular complexity index is 185. The molecule has 0 bridgehead atoms. The second kappa shape index (κ2) is 3.50. The SMILES string of the molecule is C=NC1=C(NN)CN(C)CC1. The van der Waals surface area contributed by atoms with Gasteiger partial charge in [0.05, 0.1) is 11.4 Å². The Morgan fingerprint density at radius 1 is 1.73 bits per heavy atom. The van der Waals surface area contributed by atoms with Crippen molar-refractivity contribution in [2.24, 2.45) is 10.8 Å². The van der Waals surface area contributed by atoms with Crippen LogP contribution in [0.2, 0.25) is 0 Å². The van der Waals surface area contributed by atoms with Crippen LogP contribution in [0.5, 0.6) is 0 Å². The topological polar surface area (TPSA) is 53.6 Å². The van der Waals surface area contributed by atoms with Crippen molar-refractivity contribution in [2.75, 3.05) is 20.1 Å². The van der Waals surface area contributed by atoms with E-state index in [2.05, 4.69) is 29.1 Å². The smallest absolute Gasteiger partial charge is 0.0625 e. The molecule has 11 heavy (non-hydrogen) atoms. The van der Waals surface area contributed by atoms with E-state index >= 15 is 0 Å². The van der Waals surface area contributed by atoms with Crippen LogP contribution in [-0.4, -0.2) is 31.8 Å². The standard InChI is InChI=1S/C7H14N4/c1-9-6-3-4-11(2)5-7(6)10-8/h10H,1,3-5,8H2,2H3. The van der Waals surface area contributed by atoms with Gasteiger partial charge in [-0.15, -0.1) is 0 Å². The van der Waals surface area contributed by atoms with Crippen molar-refractivity contribution in [1.82, 2.24) is 10.3 Å². The Morgan fingerprint density at radius 2 is 2.45 bits per heavy atom. The van der Waals surface area contributed by atoms with E-state index in [0.717, 1.165) is 30.9 Å². The summed E-state index contributed by atoms with van der Waals surface area (Å²) >= 11 is 0. The van der Waals surface area contributed by atoms with Crippen molar-refractivity contribution >= 4 is 6.72 Å². The molecule has 0 aromatic heterocycles. The summed E-state index contributed by atoms with van der Waals surface area (Å²) in [6, 6.07) is 0. The number of hydrogen-bond donors (Lipinski definition) is 2. The molecule has 4 nitrogen and oxygen atoms in total. The lowest BCUT2D eigenvalue weighted by Gasteiger charge is -2.25. The summed E-state index contributed by atoms with van der Waals surface area (Å²) in [6.45, 7) is 5.35. The third-order valence-corrected chi connectivity index (χ3v) is 1.87. The van der Waals surface area contributed by atoms with Gasteiger partial charge in [-0.05, 0) is 13.8 Å². The number of nitrogens with two attached hydrogens (primary N) is 1. The molecule has 0 saturated carbocycles. The van der Waals surface area contributed by atoms with Gasteiger partial charge in [0, 0.05) is 19.5 Å². The molecule has 0 unspecified atom stereocenters. The van der Waals surface area contributed by atoms with Crippen LogP contribution in [0, 0.1) is 0 Å². The van der Waals surface area contributed by atoms with Gasteiger partial charge in [-0.2, -0.15) is 0 Å². The zero-order valence-electron chi connectivity index (χ0n) is 6.80. The molecule has 1 aliphatic heterocycles. The van der Waals surface area contributed by atoms with Gasteiger partial charge in [-0.3, -0.25) is 10.8 Å². The number of hydrazine groups is 1. The first-order valence-electron chi connectivity index (χ1n) is 3.62. The summed E-state index contributed by atoms with van der Waals surface area (Å²) in [6.07, 6.45) is 0.930. The van der Waals surface area contributed by atoms with Gasteiger partial charge in [0.2, 0.25) is 0 Å². The second-order valence-corrected chi connectivity index (χ2v) is 2.72. The lowest BCUT2D eigenvalue weighted by molar-refractivity contribution is 0.337. The number of aliphatic imine (C=N–C) groups is 1. The average Bonchev–Trinajstić information content (AvgIpc) is 2.04. The fraction of sp³-hybridized carbons (Fsp3) is 0.571. The van der Waals surface area contributed by atoms with E-state index < -0.39 is 0 Å². The van der Waals surface area contributed by atoms with Gasteiger partial charge in [0.15, 0.2) is 0 Å². The Kier molecular flexibility index (Phi) is 2.62. The number of rotatable bonds is 2. The molecule has 62 valence electrons. The van der Waals surface area contributed by atoms with Crippen LogP contribution in [0.25, 0.3) is 0 Å². The molecule has 4 heteroatoms. The molecule has 0 fully saturated rings. The van der Waals surface area contributed by atoms with Crippen LogP contribution in [0.15, 0.2) is 16.4 Å². The lowest BCUT2D eigenvalue weighted by atomic mass is 10.2. The zero-order valence-corrected chi connectivity index (χ0v) is 6.80. The van der Waals surface area contributed by atoms with Crippen molar-refractivity contribution in [1.29, 1.82) is 0 Å².